The first-order chi connectivity index (χ1) is 13.3. The van der Waals surface area contributed by atoms with Gasteiger partial charge in [-0.1, -0.05) is 19.8 Å². The highest BCUT2D eigenvalue weighted by molar-refractivity contribution is 7.88. The van der Waals surface area contributed by atoms with Crippen LogP contribution in [0, 0.1) is 5.92 Å². The first kappa shape index (κ1) is 21.6. The van der Waals surface area contributed by atoms with E-state index < -0.39 is 10.0 Å². The van der Waals surface area contributed by atoms with Gasteiger partial charge in [0, 0.05) is 13.0 Å². The van der Waals surface area contributed by atoms with Gasteiger partial charge >= 0.3 is 0 Å². The number of carbonyl (C=O) groups is 2. The first-order valence-electron chi connectivity index (χ1n) is 10.9. The van der Waals surface area contributed by atoms with Crippen molar-refractivity contribution in [3.8, 4) is 0 Å². The molecule has 0 aromatic carbocycles. The number of unbranched alkanes of at least 4 members (excludes halogenated alkanes) is 2. The highest BCUT2D eigenvalue weighted by atomic mass is 32.2. The van der Waals surface area contributed by atoms with Crippen molar-refractivity contribution in [3.63, 3.8) is 0 Å². The Bertz CT molecular complexity index is 675. The number of hydrogen-bond donors (Lipinski definition) is 0. The van der Waals surface area contributed by atoms with Crippen molar-refractivity contribution < 1.29 is 18.0 Å². The Balaban J connectivity index is 1.55. The molecule has 3 heterocycles. The van der Waals surface area contributed by atoms with Gasteiger partial charge in [0.05, 0.1) is 24.3 Å². The molecule has 160 valence electrons. The van der Waals surface area contributed by atoms with Gasteiger partial charge in [-0.25, -0.2) is 12.7 Å². The zero-order chi connectivity index (χ0) is 20.3. The molecule has 0 bridgehead atoms. The lowest BCUT2D eigenvalue weighted by Gasteiger charge is -2.27. The smallest absolute Gasteiger partial charge is 0.241 e. The van der Waals surface area contributed by atoms with E-state index in [1.54, 1.807) is 0 Å². The molecule has 3 rings (SSSR count). The van der Waals surface area contributed by atoms with Crippen LogP contribution in [-0.4, -0.2) is 78.9 Å². The standard InChI is InChI=1S/C20H35N3O4S/c1-3-9-16-19-17(23(20(16)25)28(2,26)27)11-15-22(19)18(24)10-5-4-6-12-21-13-7-8-14-21/h16-17,19H,3-15H2,1-2H3/t16-,17+,19-/m1/s1. The molecule has 8 heteroatoms. The second-order valence-corrected chi connectivity index (χ2v) is 10.4. The average molecular weight is 414 g/mol. The second kappa shape index (κ2) is 9.11. The summed E-state index contributed by atoms with van der Waals surface area (Å²) < 4.78 is 25.4. The highest BCUT2D eigenvalue weighted by Crippen LogP contribution is 2.40. The van der Waals surface area contributed by atoms with Gasteiger partial charge < -0.3 is 9.80 Å². The number of fused-ring (bicyclic) bond motifs is 1. The molecule has 0 unspecified atom stereocenters. The van der Waals surface area contributed by atoms with E-state index in [1.807, 2.05) is 11.8 Å². The number of amides is 2. The number of likely N-dealkylation sites (tertiary alicyclic amines) is 2. The molecule has 0 aromatic rings. The molecule has 0 spiro atoms. The van der Waals surface area contributed by atoms with E-state index >= 15 is 0 Å². The van der Waals surface area contributed by atoms with Gasteiger partial charge in [0.25, 0.3) is 0 Å². The number of rotatable bonds is 9. The van der Waals surface area contributed by atoms with Crippen LogP contribution in [0.4, 0.5) is 0 Å². The molecule has 3 fully saturated rings. The van der Waals surface area contributed by atoms with Crippen LogP contribution >= 0.6 is 0 Å². The minimum atomic E-state index is -3.60. The molecule has 7 nitrogen and oxygen atoms in total. The molecule has 28 heavy (non-hydrogen) atoms. The Labute approximate surface area is 169 Å². The summed E-state index contributed by atoms with van der Waals surface area (Å²) >= 11 is 0. The summed E-state index contributed by atoms with van der Waals surface area (Å²) in [5.74, 6) is -0.619. The van der Waals surface area contributed by atoms with Crippen molar-refractivity contribution >= 4 is 21.8 Å². The lowest BCUT2D eigenvalue weighted by Crippen LogP contribution is -2.43. The number of sulfonamides is 1. The van der Waals surface area contributed by atoms with Crippen LogP contribution in [0.2, 0.25) is 0 Å². The quantitative estimate of drug-likeness (QED) is 0.539. The summed E-state index contributed by atoms with van der Waals surface area (Å²) in [6, 6.07) is -0.655. The molecule has 2 amide bonds. The maximum atomic E-state index is 12.9. The molecule has 3 aliphatic heterocycles. The summed E-state index contributed by atoms with van der Waals surface area (Å²) in [5.41, 5.74) is 0. The maximum Gasteiger partial charge on any atom is 0.241 e. The topological polar surface area (TPSA) is 78.0 Å². The molecular weight excluding hydrogens is 378 g/mol. The van der Waals surface area contributed by atoms with Gasteiger partial charge in [-0.05, 0) is 58.2 Å². The first-order valence-corrected chi connectivity index (χ1v) is 12.7. The van der Waals surface area contributed by atoms with E-state index in [4.69, 9.17) is 0 Å². The molecule has 0 saturated carbocycles. The molecule has 0 radical (unpaired) electrons. The minimum Gasteiger partial charge on any atom is -0.337 e. The van der Waals surface area contributed by atoms with E-state index in [0.29, 0.717) is 25.8 Å². The van der Waals surface area contributed by atoms with Crippen molar-refractivity contribution in [2.45, 2.75) is 76.8 Å². The largest absolute Gasteiger partial charge is 0.337 e. The third kappa shape index (κ3) is 4.53. The third-order valence-corrected chi connectivity index (χ3v) is 7.67. The van der Waals surface area contributed by atoms with Crippen molar-refractivity contribution in [2.24, 2.45) is 5.92 Å². The fourth-order valence-corrected chi connectivity index (χ4v) is 6.44. The normalized spacial score (nSPS) is 28.4. The lowest BCUT2D eigenvalue weighted by molar-refractivity contribution is -0.134. The van der Waals surface area contributed by atoms with E-state index in [-0.39, 0.29) is 29.8 Å². The van der Waals surface area contributed by atoms with Gasteiger partial charge in [0.1, 0.15) is 0 Å². The Hall–Kier alpha value is -1.15. The van der Waals surface area contributed by atoms with Crippen molar-refractivity contribution in [2.75, 3.05) is 32.4 Å². The molecule has 3 saturated heterocycles. The van der Waals surface area contributed by atoms with Crippen LogP contribution in [0.3, 0.4) is 0 Å². The van der Waals surface area contributed by atoms with Crippen LogP contribution in [0.15, 0.2) is 0 Å². The predicted molar refractivity (Wildman–Crippen MR) is 108 cm³/mol. The summed E-state index contributed by atoms with van der Waals surface area (Å²) in [6.45, 7) is 6.09. The number of carbonyl (C=O) groups excluding carboxylic acids is 2. The van der Waals surface area contributed by atoms with Gasteiger partial charge in [0.15, 0.2) is 0 Å². The summed E-state index contributed by atoms with van der Waals surface area (Å²) in [4.78, 5) is 29.9. The van der Waals surface area contributed by atoms with E-state index in [9.17, 15) is 18.0 Å². The molecular formula is C20H35N3O4S. The van der Waals surface area contributed by atoms with Crippen molar-refractivity contribution in [1.82, 2.24) is 14.1 Å². The van der Waals surface area contributed by atoms with Gasteiger partial charge in [-0.2, -0.15) is 0 Å². The Kier molecular flexibility index (Phi) is 7.02. The predicted octanol–water partition coefficient (Wildman–Crippen LogP) is 1.83. The Morgan fingerprint density at radius 2 is 1.82 bits per heavy atom. The van der Waals surface area contributed by atoms with Crippen molar-refractivity contribution in [3.05, 3.63) is 0 Å². The Morgan fingerprint density at radius 3 is 2.46 bits per heavy atom. The van der Waals surface area contributed by atoms with E-state index in [1.165, 1.54) is 25.9 Å². The van der Waals surface area contributed by atoms with E-state index in [2.05, 4.69) is 4.90 Å². The molecule has 3 aliphatic rings. The average Bonchev–Trinajstić information content (AvgIpc) is 3.32. The molecule has 0 aromatic heterocycles. The number of nitrogens with zero attached hydrogens (tertiary/aromatic N) is 3. The third-order valence-electron chi connectivity index (χ3n) is 6.51. The van der Waals surface area contributed by atoms with Crippen molar-refractivity contribution in [1.29, 1.82) is 0 Å². The van der Waals surface area contributed by atoms with Crippen LogP contribution in [-0.2, 0) is 19.6 Å². The summed E-state index contributed by atoms with van der Waals surface area (Å²) in [6.07, 6.45) is 9.22. The van der Waals surface area contributed by atoms with Crippen LogP contribution in [0.25, 0.3) is 0 Å². The summed E-state index contributed by atoms with van der Waals surface area (Å²) in [7, 11) is -3.60. The molecule has 0 aliphatic carbocycles. The SMILES string of the molecule is CCC[C@H]1C(=O)N(S(C)(=O)=O)[C@H]2CCN(C(=O)CCCCCN3CCCC3)[C@H]12. The van der Waals surface area contributed by atoms with Gasteiger partial charge in [-0.3, -0.25) is 9.59 Å². The molecule has 3 atom stereocenters. The summed E-state index contributed by atoms with van der Waals surface area (Å²) in [5, 5.41) is 0. The van der Waals surface area contributed by atoms with Crippen LogP contribution in [0.1, 0.15) is 64.7 Å². The maximum absolute atomic E-state index is 12.9. The fraction of sp³-hybridized carbons (Fsp3) is 0.900. The van der Waals surface area contributed by atoms with Gasteiger partial charge in [0.2, 0.25) is 21.8 Å². The zero-order valence-electron chi connectivity index (χ0n) is 17.3. The zero-order valence-corrected chi connectivity index (χ0v) is 18.1. The highest BCUT2D eigenvalue weighted by Gasteiger charge is 2.56. The van der Waals surface area contributed by atoms with Crippen LogP contribution in [0.5, 0.6) is 0 Å². The lowest BCUT2D eigenvalue weighted by atomic mass is 9.94. The monoisotopic (exact) mass is 413 g/mol. The van der Waals surface area contributed by atoms with Gasteiger partial charge in [-0.15, -0.1) is 0 Å². The number of hydrogen-bond acceptors (Lipinski definition) is 5. The van der Waals surface area contributed by atoms with E-state index in [0.717, 1.165) is 42.8 Å². The fourth-order valence-electron chi connectivity index (χ4n) is 5.26. The Morgan fingerprint density at radius 1 is 1.11 bits per heavy atom. The second-order valence-electron chi connectivity index (χ2n) is 8.59. The van der Waals surface area contributed by atoms with Crippen LogP contribution < -0.4 is 0 Å². The molecule has 0 N–H and O–H groups in total. The minimum absolute atomic E-state index is 0.0814.